The first-order valence-corrected chi connectivity index (χ1v) is 7.30. The normalized spacial score (nSPS) is 26.6. The van der Waals surface area contributed by atoms with Gasteiger partial charge in [0.05, 0.1) is 0 Å². The molecule has 0 amide bonds. The summed E-state index contributed by atoms with van der Waals surface area (Å²) in [7, 11) is 0. The smallest absolute Gasteiger partial charge is 0.0480 e. The van der Waals surface area contributed by atoms with E-state index in [2.05, 4.69) is 55.8 Å². The molecule has 1 saturated carbocycles. The van der Waals surface area contributed by atoms with Crippen LogP contribution >= 0.6 is 0 Å². The lowest BCUT2D eigenvalue weighted by Gasteiger charge is -2.47. The van der Waals surface area contributed by atoms with Crippen LogP contribution in [0.2, 0.25) is 0 Å². The van der Waals surface area contributed by atoms with Crippen molar-refractivity contribution < 1.29 is 0 Å². The summed E-state index contributed by atoms with van der Waals surface area (Å²) in [5, 5.41) is 8.46. The highest BCUT2D eigenvalue weighted by molar-refractivity contribution is 5.94. The molecule has 20 heavy (non-hydrogen) atoms. The Morgan fingerprint density at radius 2 is 2.10 bits per heavy atom. The van der Waals surface area contributed by atoms with Gasteiger partial charge in [0.1, 0.15) is 0 Å². The van der Waals surface area contributed by atoms with Crippen LogP contribution in [0.5, 0.6) is 0 Å². The van der Waals surface area contributed by atoms with Gasteiger partial charge in [0.15, 0.2) is 0 Å². The standard InChI is InChI=1S/C18H24N2/c1-6-16-8-9-17(10-14(16)4)18(11-13(3)12-18)15(5)20-19-7-2/h6-10,13H,1,11-12H2,2-5H3/b19-7-,20-15+/t13-,18-. The molecule has 0 N–H and O–H groups in total. The van der Waals surface area contributed by atoms with E-state index in [-0.39, 0.29) is 5.41 Å². The van der Waals surface area contributed by atoms with Gasteiger partial charge in [-0.25, -0.2) is 0 Å². The highest BCUT2D eigenvalue weighted by Crippen LogP contribution is 2.49. The molecule has 2 nitrogen and oxygen atoms in total. The summed E-state index contributed by atoms with van der Waals surface area (Å²) in [4.78, 5) is 0. The molecule has 0 aromatic heterocycles. The minimum Gasteiger partial charge on any atom is -0.164 e. The van der Waals surface area contributed by atoms with Crippen LogP contribution in [-0.2, 0) is 5.41 Å². The molecule has 0 spiro atoms. The fourth-order valence-electron chi connectivity index (χ4n) is 3.31. The molecular weight excluding hydrogens is 244 g/mol. The first kappa shape index (κ1) is 14.7. The maximum Gasteiger partial charge on any atom is 0.0480 e. The second-order valence-corrected chi connectivity index (χ2v) is 5.93. The lowest BCUT2D eigenvalue weighted by molar-refractivity contribution is 0.228. The van der Waals surface area contributed by atoms with E-state index in [4.69, 9.17) is 0 Å². The van der Waals surface area contributed by atoms with Crippen LogP contribution in [-0.4, -0.2) is 11.9 Å². The number of hydrogen-bond acceptors (Lipinski definition) is 2. The Balaban J connectivity index is 2.44. The molecule has 106 valence electrons. The predicted octanol–water partition coefficient (Wildman–Crippen LogP) is 4.77. The predicted molar refractivity (Wildman–Crippen MR) is 88.6 cm³/mol. The van der Waals surface area contributed by atoms with Crippen LogP contribution in [0.4, 0.5) is 0 Å². The Bertz CT molecular complexity index is 561. The van der Waals surface area contributed by atoms with Crippen molar-refractivity contribution in [1.82, 2.24) is 0 Å². The number of nitrogens with zero attached hydrogens (tertiary/aromatic N) is 2. The van der Waals surface area contributed by atoms with E-state index >= 15 is 0 Å². The third kappa shape index (κ3) is 2.47. The average Bonchev–Trinajstić information content (AvgIpc) is 2.40. The maximum absolute atomic E-state index is 4.39. The summed E-state index contributed by atoms with van der Waals surface area (Å²) >= 11 is 0. The minimum absolute atomic E-state index is 0.0797. The quantitative estimate of drug-likeness (QED) is 0.555. The monoisotopic (exact) mass is 268 g/mol. The van der Waals surface area contributed by atoms with E-state index in [1.165, 1.54) is 16.7 Å². The maximum atomic E-state index is 4.39. The van der Waals surface area contributed by atoms with Crippen molar-refractivity contribution in [2.24, 2.45) is 16.1 Å². The van der Waals surface area contributed by atoms with Gasteiger partial charge in [0.25, 0.3) is 0 Å². The molecule has 1 fully saturated rings. The van der Waals surface area contributed by atoms with Gasteiger partial charge in [-0.05, 0) is 56.2 Å². The molecule has 0 aliphatic heterocycles. The fraction of sp³-hybridized carbons (Fsp3) is 0.444. The van der Waals surface area contributed by atoms with E-state index in [1.54, 1.807) is 6.21 Å². The summed E-state index contributed by atoms with van der Waals surface area (Å²) in [5.41, 5.74) is 5.06. The largest absolute Gasteiger partial charge is 0.164 e. The lowest BCUT2D eigenvalue weighted by Crippen LogP contribution is -2.46. The Kier molecular flexibility index (Phi) is 4.22. The molecule has 1 aromatic rings. The van der Waals surface area contributed by atoms with Gasteiger partial charge in [-0.2, -0.15) is 10.2 Å². The van der Waals surface area contributed by atoms with E-state index in [0.29, 0.717) is 0 Å². The zero-order valence-electron chi connectivity index (χ0n) is 13.0. The Labute approximate surface area is 122 Å². The van der Waals surface area contributed by atoms with E-state index < -0.39 is 0 Å². The van der Waals surface area contributed by atoms with Crippen molar-refractivity contribution in [3.8, 4) is 0 Å². The molecule has 1 aromatic carbocycles. The van der Waals surface area contributed by atoms with Crippen LogP contribution in [0.3, 0.4) is 0 Å². The summed E-state index contributed by atoms with van der Waals surface area (Å²) in [6.45, 7) is 12.3. The highest BCUT2D eigenvalue weighted by atomic mass is 15.2. The Morgan fingerprint density at radius 3 is 2.60 bits per heavy atom. The number of aryl methyl sites for hydroxylation is 1. The zero-order valence-corrected chi connectivity index (χ0v) is 13.0. The molecule has 0 radical (unpaired) electrons. The van der Waals surface area contributed by atoms with Crippen molar-refractivity contribution in [2.75, 3.05) is 0 Å². The van der Waals surface area contributed by atoms with Crippen LogP contribution < -0.4 is 0 Å². The number of rotatable bonds is 4. The summed E-state index contributed by atoms with van der Waals surface area (Å²) in [6.07, 6.45) is 5.98. The van der Waals surface area contributed by atoms with Gasteiger partial charge in [0, 0.05) is 17.3 Å². The van der Waals surface area contributed by atoms with E-state index in [0.717, 1.165) is 24.5 Å². The molecule has 2 heteroatoms. The SMILES string of the molecule is C=Cc1ccc([C@]2(/C(C)=N/N=C\C)C[C@@H](C)C2)cc1C. The van der Waals surface area contributed by atoms with Gasteiger partial charge in [-0.15, -0.1) is 0 Å². The third-order valence-corrected chi connectivity index (χ3v) is 4.45. The van der Waals surface area contributed by atoms with Gasteiger partial charge in [-0.3, -0.25) is 0 Å². The third-order valence-electron chi connectivity index (χ3n) is 4.45. The second kappa shape index (κ2) is 5.74. The lowest BCUT2D eigenvalue weighted by atomic mass is 9.57. The summed E-state index contributed by atoms with van der Waals surface area (Å²) in [5.74, 6) is 0.755. The van der Waals surface area contributed by atoms with E-state index in [1.807, 2.05) is 13.0 Å². The Morgan fingerprint density at radius 1 is 1.40 bits per heavy atom. The van der Waals surface area contributed by atoms with Gasteiger partial charge >= 0.3 is 0 Å². The molecule has 0 bridgehead atoms. The first-order valence-electron chi connectivity index (χ1n) is 7.30. The second-order valence-electron chi connectivity index (χ2n) is 5.93. The summed E-state index contributed by atoms with van der Waals surface area (Å²) < 4.78 is 0. The van der Waals surface area contributed by atoms with Gasteiger partial charge < -0.3 is 0 Å². The Hall–Kier alpha value is -1.70. The topological polar surface area (TPSA) is 24.7 Å². The van der Waals surface area contributed by atoms with Crippen LogP contribution in [0.15, 0.2) is 35.0 Å². The van der Waals surface area contributed by atoms with Crippen molar-refractivity contribution in [3.63, 3.8) is 0 Å². The van der Waals surface area contributed by atoms with Crippen LogP contribution in [0.1, 0.15) is 50.3 Å². The van der Waals surface area contributed by atoms with E-state index in [9.17, 15) is 0 Å². The zero-order chi connectivity index (χ0) is 14.8. The molecule has 0 heterocycles. The average molecular weight is 268 g/mol. The molecule has 1 aliphatic carbocycles. The number of benzene rings is 1. The number of hydrogen-bond donors (Lipinski definition) is 0. The molecule has 2 rings (SSSR count). The molecule has 0 saturated heterocycles. The van der Waals surface area contributed by atoms with Gasteiger partial charge in [0.2, 0.25) is 0 Å². The van der Waals surface area contributed by atoms with Crippen molar-refractivity contribution in [3.05, 3.63) is 41.5 Å². The van der Waals surface area contributed by atoms with Crippen molar-refractivity contribution >= 4 is 18.0 Å². The molecule has 0 unspecified atom stereocenters. The van der Waals surface area contributed by atoms with Gasteiger partial charge in [-0.1, -0.05) is 37.8 Å². The van der Waals surface area contributed by atoms with Crippen LogP contribution in [0, 0.1) is 12.8 Å². The fourth-order valence-corrected chi connectivity index (χ4v) is 3.31. The molecule has 0 atom stereocenters. The van der Waals surface area contributed by atoms with Crippen molar-refractivity contribution in [1.29, 1.82) is 0 Å². The minimum atomic E-state index is 0.0797. The summed E-state index contributed by atoms with van der Waals surface area (Å²) in [6, 6.07) is 6.68. The highest BCUT2D eigenvalue weighted by Gasteiger charge is 2.46. The molecule has 1 aliphatic rings. The molecular formula is C18H24N2. The van der Waals surface area contributed by atoms with Crippen LogP contribution in [0.25, 0.3) is 6.08 Å². The van der Waals surface area contributed by atoms with Crippen molar-refractivity contribution in [2.45, 2.75) is 46.0 Å². The first-order chi connectivity index (χ1) is 9.53.